The van der Waals surface area contributed by atoms with Crippen LogP contribution in [0.1, 0.15) is 29.8 Å². The standard InChI is InChI=1S/C13H12F3N3/c14-13(15,16)9-5-7-10(8-6-9)19-12-4-2-1-3-11(12)17-18-19/h5-8H,1-4H2. The minimum Gasteiger partial charge on any atom is -0.217 e. The maximum Gasteiger partial charge on any atom is 0.416 e. The summed E-state index contributed by atoms with van der Waals surface area (Å²) >= 11 is 0. The first-order chi connectivity index (χ1) is 9.05. The van der Waals surface area contributed by atoms with Crippen molar-refractivity contribution in [3.8, 4) is 5.69 Å². The highest BCUT2D eigenvalue weighted by molar-refractivity contribution is 5.37. The van der Waals surface area contributed by atoms with E-state index in [1.165, 1.54) is 12.1 Å². The van der Waals surface area contributed by atoms with Gasteiger partial charge >= 0.3 is 6.18 Å². The minimum atomic E-state index is -4.31. The molecule has 100 valence electrons. The van der Waals surface area contributed by atoms with Gasteiger partial charge in [0.15, 0.2) is 0 Å². The SMILES string of the molecule is FC(F)(F)c1ccc(-n2nnc3c2CCCC3)cc1. The molecular weight excluding hydrogens is 255 g/mol. The van der Waals surface area contributed by atoms with E-state index in [0.717, 1.165) is 49.2 Å². The molecule has 0 atom stereocenters. The maximum atomic E-state index is 12.5. The molecule has 6 heteroatoms. The lowest BCUT2D eigenvalue weighted by atomic mass is 10.0. The summed E-state index contributed by atoms with van der Waals surface area (Å²) in [7, 11) is 0. The van der Waals surface area contributed by atoms with Crippen LogP contribution >= 0.6 is 0 Å². The van der Waals surface area contributed by atoms with Crippen LogP contribution < -0.4 is 0 Å². The average molecular weight is 267 g/mol. The van der Waals surface area contributed by atoms with Crippen LogP contribution in [0.5, 0.6) is 0 Å². The molecule has 1 heterocycles. The van der Waals surface area contributed by atoms with Gasteiger partial charge in [-0.1, -0.05) is 5.21 Å². The van der Waals surface area contributed by atoms with E-state index in [2.05, 4.69) is 10.3 Å². The van der Waals surface area contributed by atoms with Gasteiger partial charge in [0.2, 0.25) is 0 Å². The first-order valence-corrected chi connectivity index (χ1v) is 6.17. The van der Waals surface area contributed by atoms with Crippen molar-refractivity contribution in [3.63, 3.8) is 0 Å². The Morgan fingerprint density at radius 2 is 1.68 bits per heavy atom. The number of nitrogens with zero attached hydrogens (tertiary/aromatic N) is 3. The van der Waals surface area contributed by atoms with Gasteiger partial charge < -0.3 is 0 Å². The Balaban J connectivity index is 1.97. The molecule has 0 bridgehead atoms. The average Bonchev–Trinajstić information content (AvgIpc) is 2.82. The Labute approximate surface area is 108 Å². The van der Waals surface area contributed by atoms with Crippen LogP contribution in [-0.4, -0.2) is 15.0 Å². The first kappa shape index (κ1) is 12.2. The summed E-state index contributed by atoms with van der Waals surface area (Å²) in [6.45, 7) is 0. The Kier molecular flexibility index (Phi) is 2.80. The topological polar surface area (TPSA) is 30.7 Å². The van der Waals surface area contributed by atoms with Crippen molar-refractivity contribution in [2.45, 2.75) is 31.9 Å². The van der Waals surface area contributed by atoms with E-state index < -0.39 is 11.7 Å². The van der Waals surface area contributed by atoms with Crippen molar-refractivity contribution in [2.75, 3.05) is 0 Å². The van der Waals surface area contributed by atoms with E-state index in [0.29, 0.717) is 5.69 Å². The van der Waals surface area contributed by atoms with Gasteiger partial charge in [-0.05, 0) is 49.9 Å². The smallest absolute Gasteiger partial charge is 0.217 e. The quantitative estimate of drug-likeness (QED) is 0.794. The molecule has 1 aliphatic rings. The van der Waals surface area contributed by atoms with Gasteiger partial charge in [0.05, 0.1) is 22.6 Å². The lowest BCUT2D eigenvalue weighted by Gasteiger charge is -2.12. The molecule has 1 aliphatic carbocycles. The largest absolute Gasteiger partial charge is 0.416 e. The van der Waals surface area contributed by atoms with Crippen molar-refractivity contribution < 1.29 is 13.2 Å². The number of rotatable bonds is 1. The van der Waals surface area contributed by atoms with E-state index in [1.807, 2.05) is 0 Å². The molecule has 0 saturated carbocycles. The van der Waals surface area contributed by atoms with Gasteiger partial charge in [0.25, 0.3) is 0 Å². The third kappa shape index (κ3) is 2.22. The number of aromatic nitrogens is 3. The number of halogens is 3. The van der Waals surface area contributed by atoms with Crippen LogP contribution in [0.25, 0.3) is 5.69 Å². The van der Waals surface area contributed by atoms with E-state index in [-0.39, 0.29) is 0 Å². The van der Waals surface area contributed by atoms with Crippen LogP contribution in [0.3, 0.4) is 0 Å². The predicted octanol–water partition coefficient (Wildman–Crippen LogP) is 3.16. The van der Waals surface area contributed by atoms with Crippen molar-refractivity contribution in [1.82, 2.24) is 15.0 Å². The number of aryl methyl sites for hydroxylation is 1. The first-order valence-electron chi connectivity index (χ1n) is 6.17. The van der Waals surface area contributed by atoms with Crippen LogP contribution in [0.15, 0.2) is 24.3 Å². The van der Waals surface area contributed by atoms with E-state index in [4.69, 9.17) is 0 Å². The number of alkyl halides is 3. The van der Waals surface area contributed by atoms with Crippen LogP contribution in [0.4, 0.5) is 13.2 Å². The van der Waals surface area contributed by atoms with Crippen LogP contribution in [0.2, 0.25) is 0 Å². The predicted molar refractivity (Wildman–Crippen MR) is 63.0 cm³/mol. The molecule has 0 radical (unpaired) electrons. The lowest BCUT2D eigenvalue weighted by Crippen LogP contribution is -2.09. The highest BCUT2D eigenvalue weighted by atomic mass is 19.4. The van der Waals surface area contributed by atoms with Gasteiger partial charge in [0.1, 0.15) is 0 Å². The third-order valence-corrected chi connectivity index (χ3v) is 3.36. The molecule has 1 aromatic heterocycles. The number of fused-ring (bicyclic) bond motifs is 1. The Morgan fingerprint density at radius 1 is 1.00 bits per heavy atom. The minimum absolute atomic E-state index is 0.628. The van der Waals surface area contributed by atoms with Crippen molar-refractivity contribution in [3.05, 3.63) is 41.2 Å². The van der Waals surface area contributed by atoms with E-state index in [9.17, 15) is 13.2 Å². The molecule has 0 saturated heterocycles. The van der Waals surface area contributed by atoms with Crippen molar-refractivity contribution >= 4 is 0 Å². The van der Waals surface area contributed by atoms with Crippen molar-refractivity contribution in [2.24, 2.45) is 0 Å². The molecule has 0 aliphatic heterocycles. The van der Waals surface area contributed by atoms with Crippen LogP contribution in [-0.2, 0) is 19.0 Å². The second-order valence-electron chi connectivity index (χ2n) is 4.65. The van der Waals surface area contributed by atoms with Gasteiger partial charge in [0, 0.05) is 0 Å². The maximum absolute atomic E-state index is 12.5. The monoisotopic (exact) mass is 267 g/mol. The summed E-state index contributed by atoms with van der Waals surface area (Å²) in [5.74, 6) is 0. The zero-order chi connectivity index (χ0) is 13.5. The highest BCUT2D eigenvalue weighted by Gasteiger charge is 2.30. The van der Waals surface area contributed by atoms with Gasteiger partial charge in [-0.15, -0.1) is 5.10 Å². The van der Waals surface area contributed by atoms with Gasteiger partial charge in [-0.25, -0.2) is 4.68 Å². The third-order valence-electron chi connectivity index (χ3n) is 3.36. The molecule has 0 spiro atoms. The Morgan fingerprint density at radius 3 is 2.37 bits per heavy atom. The molecular formula is C13H12F3N3. The Hall–Kier alpha value is -1.85. The molecule has 2 aromatic rings. The second-order valence-corrected chi connectivity index (χ2v) is 4.65. The van der Waals surface area contributed by atoms with Crippen molar-refractivity contribution in [1.29, 1.82) is 0 Å². The van der Waals surface area contributed by atoms with Gasteiger partial charge in [-0.2, -0.15) is 13.2 Å². The lowest BCUT2D eigenvalue weighted by molar-refractivity contribution is -0.137. The molecule has 0 amide bonds. The normalized spacial score (nSPS) is 15.3. The zero-order valence-electron chi connectivity index (χ0n) is 10.1. The Bertz CT molecular complexity index is 584. The summed E-state index contributed by atoms with van der Waals surface area (Å²) < 4.78 is 39.1. The molecule has 1 aromatic carbocycles. The fourth-order valence-electron chi connectivity index (χ4n) is 2.36. The molecule has 19 heavy (non-hydrogen) atoms. The number of hydrogen-bond acceptors (Lipinski definition) is 2. The number of benzene rings is 1. The fraction of sp³-hybridized carbons (Fsp3) is 0.385. The fourth-order valence-corrected chi connectivity index (χ4v) is 2.36. The molecule has 0 unspecified atom stereocenters. The van der Waals surface area contributed by atoms with Gasteiger partial charge in [-0.3, -0.25) is 0 Å². The molecule has 0 N–H and O–H groups in total. The highest BCUT2D eigenvalue weighted by Crippen LogP contribution is 2.30. The summed E-state index contributed by atoms with van der Waals surface area (Å²) in [5.41, 5.74) is 1.96. The summed E-state index contributed by atoms with van der Waals surface area (Å²) in [6.07, 6.45) is -0.362. The second kappa shape index (κ2) is 4.36. The summed E-state index contributed by atoms with van der Waals surface area (Å²) in [5, 5.41) is 8.14. The van der Waals surface area contributed by atoms with Crippen LogP contribution in [0, 0.1) is 0 Å². The molecule has 3 rings (SSSR count). The van der Waals surface area contributed by atoms with E-state index >= 15 is 0 Å². The zero-order valence-corrected chi connectivity index (χ0v) is 10.1. The van der Waals surface area contributed by atoms with E-state index in [1.54, 1.807) is 4.68 Å². The summed E-state index contributed by atoms with van der Waals surface area (Å²) in [6, 6.07) is 5.03. The molecule has 3 nitrogen and oxygen atoms in total. The summed E-state index contributed by atoms with van der Waals surface area (Å²) in [4.78, 5) is 0. The molecule has 0 fully saturated rings. The number of hydrogen-bond donors (Lipinski definition) is 0.